The van der Waals surface area contributed by atoms with Crippen LogP contribution < -0.4 is 10.1 Å². The van der Waals surface area contributed by atoms with Gasteiger partial charge in [-0.2, -0.15) is 5.26 Å². The lowest BCUT2D eigenvalue weighted by atomic mass is 10.1. The Labute approximate surface area is 94.8 Å². The summed E-state index contributed by atoms with van der Waals surface area (Å²) in [5, 5.41) is 10.7. The molecule has 0 spiro atoms. The van der Waals surface area contributed by atoms with Crippen LogP contribution in [0.1, 0.15) is 11.1 Å². The zero-order chi connectivity index (χ0) is 12.0. The maximum atomic E-state index is 11.2. The molecular formula is C12H14N2O2. The van der Waals surface area contributed by atoms with Gasteiger partial charge >= 0.3 is 0 Å². The number of nitriles is 1. The highest BCUT2D eigenvalue weighted by molar-refractivity contribution is 5.77. The summed E-state index contributed by atoms with van der Waals surface area (Å²) in [7, 11) is 0. The fourth-order valence-corrected chi connectivity index (χ4v) is 1.29. The molecule has 0 bridgehead atoms. The highest BCUT2D eigenvalue weighted by atomic mass is 16.5. The Bertz CT molecular complexity index is 422. The molecule has 0 radical (unpaired) electrons. The Hall–Kier alpha value is -2.02. The zero-order valence-corrected chi connectivity index (χ0v) is 9.41. The van der Waals surface area contributed by atoms with E-state index in [1.165, 1.54) is 0 Å². The second-order valence-electron chi connectivity index (χ2n) is 3.49. The van der Waals surface area contributed by atoms with Crippen molar-refractivity contribution in [1.29, 1.82) is 5.26 Å². The molecule has 0 atom stereocenters. The van der Waals surface area contributed by atoms with E-state index in [0.717, 1.165) is 11.1 Å². The lowest BCUT2D eigenvalue weighted by molar-refractivity contribution is -0.122. The number of benzene rings is 1. The van der Waals surface area contributed by atoms with Gasteiger partial charge in [0.2, 0.25) is 0 Å². The van der Waals surface area contributed by atoms with E-state index in [-0.39, 0.29) is 19.1 Å². The van der Waals surface area contributed by atoms with E-state index in [1.54, 1.807) is 0 Å². The Morgan fingerprint density at radius 1 is 1.50 bits per heavy atom. The van der Waals surface area contributed by atoms with E-state index in [0.29, 0.717) is 5.75 Å². The molecular weight excluding hydrogens is 204 g/mol. The van der Waals surface area contributed by atoms with Crippen molar-refractivity contribution in [2.45, 2.75) is 13.8 Å². The number of hydrogen-bond acceptors (Lipinski definition) is 3. The minimum absolute atomic E-state index is 0.00900. The topological polar surface area (TPSA) is 62.1 Å². The Morgan fingerprint density at radius 3 is 2.88 bits per heavy atom. The average Bonchev–Trinajstić information content (AvgIpc) is 2.25. The third kappa shape index (κ3) is 3.62. The summed E-state index contributed by atoms with van der Waals surface area (Å²) in [6, 6.07) is 7.58. The first-order valence-corrected chi connectivity index (χ1v) is 4.97. The summed E-state index contributed by atoms with van der Waals surface area (Å²) >= 11 is 0. The van der Waals surface area contributed by atoms with Gasteiger partial charge in [0.1, 0.15) is 12.3 Å². The molecule has 1 N–H and O–H groups in total. The van der Waals surface area contributed by atoms with Crippen LogP contribution in [0.2, 0.25) is 0 Å². The van der Waals surface area contributed by atoms with Crippen molar-refractivity contribution in [3.8, 4) is 11.8 Å². The van der Waals surface area contributed by atoms with Crippen LogP contribution in [0.3, 0.4) is 0 Å². The second kappa shape index (κ2) is 5.76. The van der Waals surface area contributed by atoms with Gasteiger partial charge in [-0.25, -0.2) is 0 Å². The number of amides is 1. The molecule has 1 amide bonds. The third-order valence-electron chi connectivity index (χ3n) is 2.05. The van der Waals surface area contributed by atoms with Crippen LogP contribution >= 0.6 is 0 Å². The zero-order valence-electron chi connectivity index (χ0n) is 9.41. The minimum atomic E-state index is -0.290. The summed E-state index contributed by atoms with van der Waals surface area (Å²) in [4.78, 5) is 11.2. The Kier molecular flexibility index (Phi) is 4.34. The molecule has 0 aliphatic heterocycles. The van der Waals surface area contributed by atoms with Gasteiger partial charge < -0.3 is 10.1 Å². The number of aryl methyl sites for hydroxylation is 2. The van der Waals surface area contributed by atoms with E-state index in [2.05, 4.69) is 5.32 Å². The van der Waals surface area contributed by atoms with E-state index < -0.39 is 0 Å². The Balaban J connectivity index is 2.49. The molecule has 1 aromatic carbocycles. The molecule has 0 fully saturated rings. The highest BCUT2D eigenvalue weighted by Gasteiger charge is 2.03. The molecule has 1 aromatic rings. The molecule has 0 saturated heterocycles. The highest BCUT2D eigenvalue weighted by Crippen LogP contribution is 2.18. The van der Waals surface area contributed by atoms with Gasteiger partial charge in [0, 0.05) is 0 Å². The largest absolute Gasteiger partial charge is 0.484 e. The number of ether oxygens (including phenoxy) is 1. The van der Waals surface area contributed by atoms with Gasteiger partial charge in [-0.3, -0.25) is 4.79 Å². The molecule has 1 rings (SSSR count). The molecule has 84 valence electrons. The summed E-state index contributed by atoms with van der Waals surface area (Å²) in [5.74, 6) is 0.402. The summed E-state index contributed by atoms with van der Waals surface area (Å²) in [6.07, 6.45) is 0. The molecule has 0 aliphatic rings. The fourth-order valence-electron chi connectivity index (χ4n) is 1.29. The quantitative estimate of drug-likeness (QED) is 0.775. The van der Waals surface area contributed by atoms with Crippen LogP contribution in [-0.2, 0) is 4.79 Å². The standard InChI is InChI=1S/C12H14N2O2/c1-9-3-4-11(10(2)7-9)16-8-12(15)14-6-5-13/h3-4,7H,6,8H2,1-2H3,(H,14,15). The summed E-state index contributed by atoms with van der Waals surface area (Å²) in [6.45, 7) is 3.87. The van der Waals surface area contributed by atoms with Gasteiger partial charge in [0.25, 0.3) is 5.91 Å². The van der Waals surface area contributed by atoms with E-state index in [1.807, 2.05) is 38.1 Å². The van der Waals surface area contributed by atoms with E-state index in [9.17, 15) is 4.79 Å². The molecule has 4 nitrogen and oxygen atoms in total. The Morgan fingerprint density at radius 2 is 2.25 bits per heavy atom. The van der Waals surface area contributed by atoms with Gasteiger partial charge in [0.05, 0.1) is 6.07 Å². The number of rotatable bonds is 4. The molecule has 0 aromatic heterocycles. The van der Waals surface area contributed by atoms with Crippen LogP contribution in [0.5, 0.6) is 5.75 Å². The predicted octanol–water partition coefficient (Wildman–Crippen LogP) is 1.32. The number of carbonyl (C=O) groups excluding carboxylic acids is 1. The summed E-state index contributed by atoms with van der Waals surface area (Å²) in [5.41, 5.74) is 2.15. The average molecular weight is 218 g/mol. The normalized spacial score (nSPS) is 9.31. The first kappa shape index (κ1) is 12.1. The van der Waals surface area contributed by atoms with Crippen molar-refractivity contribution >= 4 is 5.91 Å². The van der Waals surface area contributed by atoms with Crippen molar-refractivity contribution in [2.75, 3.05) is 13.2 Å². The van der Waals surface area contributed by atoms with Crippen LogP contribution in [0.25, 0.3) is 0 Å². The smallest absolute Gasteiger partial charge is 0.258 e. The van der Waals surface area contributed by atoms with Gasteiger partial charge in [-0.15, -0.1) is 0 Å². The number of nitrogens with zero attached hydrogens (tertiary/aromatic N) is 1. The van der Waals surface area contributed by atoms with Crippen LogP contribution in [-0.4, -0.2) is 19.1 Å². The first-order valence-electron chi connectivity index (χ1n) is 4.97. The summed E-state index contributed by atoms with van der Waals surface area (Å²) < 4.78 is 5.33. The van der Waals surface area contributed by atoms with Gasteiger partial charge in [-0.05, 0) is 25.5 Å². The maximum absolute atomic E-state index is 11.2. The third-order valence-corrected chi connectivity index (χ3v) is 2.05. The second-order valence-corrected chi connectivity index (χ2v) is 3.49. The monoisotopic (exact) mass is 218 g/mol. The van der Waals surface area contributed by atoms with Crippen molar-refractivity contribution in [2.24, 2.45) is 0 Å². The van der Waals surface area contributed by atoms with Crippen molar-refractivity contribution in [1.82, 2.24) is 5.32 Å². The maximum Gasteiger partial charge on any atom is 0.258 e. The van der Waals surface area contributed by atoms with E-state index in [4.69, 9.17) is 10.00 Å². The molecule has 0 unspecified atom stereocenters. The first-order chi connectivity index (χ1) is 7.63. The van der Waals surface area contributed by atoms with Crippen molar-refractivity contribution in [3.63, 3.8) is 0 Å². The van der Waals surface area contributed by atoms with Crippen LogP contribution in [0, 0.1) is 25.2 Å². The van der Waals surface area contributed by atoms with Gasteiger partial charge in [-0.1, -0.05) is 17.7 Å². The number of nitrogens with one attached hydrogen (secondary N) is 1. The van der Waals surface area contributed by atoms with Crippen molar-refractivity contribution in [3.05, 3.63) is 29.3 Å². The predicted molar refractivity (Wildman–Crippen MR) is 60.0 cm³/mol. The fraction of sp³-hybridized carbons (Fsp3) is 0.333. The lowest BCUT2D eigenvalue weighted by Gasteiger charge is -2.08. The molecule has 0 saturated carbocycles. The van der Waals surface area contributed by atoms with Crippen molar-refractivity contribution < 1.29 is 9.53 Å². The SMILES string of the molecule is Cc1ccc(OCC(=O)NCC#N)c(C)c1. The molecule has 16 heavy (non-hydrogen) atoms. The van der Waals surface area contributed by atoms with Gasteiger partial charge in [0.15, 0.2) is 6.61 Å². The van der Waals surface area contributed by atoms with Crippen LogP contribution in [0.15, 0.2) is 18.2 Å². The molecule has 0 heterocycles. The van der Waals surface area contributed by atoms with E-state index >= 15 is 0 Å². The number of carbonyl (C=O) groups is 1. The molecule has 0 aliphatic carbocycles. The number of hydrogen-bond donors (Lipinski definition) is 1. The lowest BCUT2D eigenvalue weighted by Crippen LogP contribution is -2.29. The minimum Gasteiger partial charge on any atom is -0.484 e. The van der Waals surface area contributed by atoms with Crippen LogP contribution in [0.4, 0.5) is 0 Å². The molecule has 4 heteroatoms.